The molecule has 5 rings (SSSR count). The van der Waals surface area contributed by atoms with Crippen molar-refractivity contribution in [2.45, 2.75) is 6.54 Å². The minimum atomic E-state index is -0.157. The van der Waals surface area contributed by atoms with E-state index in [1.165, 1.54) is 0 Å². The highest BCUT2D eigenvalue weighted by molar-refractivity contribution is 5.90. The van der Waals surface area contributed by atoms with Gasteiger partial charge in [0.25, 0.3) is 5.89 Å². The van der Waals surface area contributed by atoms with E-state index in [1.807, 2.05) is 54.6 Å². The van der Waals surface area contributed by atoms with Gasteiger partial charge in [-0.2, -0.15) is 0 Å². The van der Waals surface area contributed by atoms with Gasteiger partial charge in [0, 0.05) is 31.7 Å². The fourth-order valence-electron chi connectivity index (χ4n) is 3.65. The van der Waals surface area contributed by atoms with Crippen molar-refractivity contribution in [2.75, 3.05) is 26.2 Å². The smallest absolute Gasteiger partial charge is 0.309 e. The molecule has 1 saturated heterocycles. The van der Waals surface area contributed by atoms with Crippen LogP contribution in [0, 0.1) is 0 Å². The molecule has 1 amide bonds. The minimum absolute atomic E-state index is 0.148. The molecular weight excluding hydrogens is 366 g/mol. The number of imidazole rings is 1. The van der Waals surface area contributed by atoms with E-state index < -0.39 is 0 Å². The number of nitrogens with one attached hydrogen (secondary N) is 1. The number of carbonyl (C=O) groups is 1. The van der Waals surface area contributed by atoms with Gasteiger partial charge in [-0.1, -0.05) is 42.5 Å². The number of amides is 1. The van der Waals surface area contributed by atoms with Gasteiger partial charge in [0.1, 0.15) is 5.82 Å². The molecule has 3 heterocycles. The number of carbonyl (C=O) groups excluding carboxylic acids is 1. The third kappa shape index (κ3) is 3.64. The number of para-hydroxylation sites is 2. The molecule has 1 aliphatic heterocycles. The molecule has 4 aromatic rings. The van der Waals surface area contributed by atoms with Crippen molar-refractivity contribution in [3.05, 3.63) is 72.5 Å². The zero-order valence-electron chi connectivity index (χ0n) is 15.9. The number of H-pyrrole nitrogens is 1. The number of nitrogens with zero attached hydrogens (tertiary/aromatic N) is 4. The highest BCUT2D eigenvalue weighted by atomic mass is 16.4. The Morgan fingerprint density at radius 2 is 1.76 bits per heavy atom. The van der Waals surface area contributed by atoms with Crippen LogP contribution in [0.5, 0.6) is 0 Å². The molecule has 0 saturated carbocycles. The highest BCUT2D eigenvalue weighted by Crippen LogP contribution is 2.21. The lowest BCUT2D eigenvalue weighted by atomic mass is 10.2. The van der Waals surface area contributed by atoms with Gasteiger partial charge in [0.2, 0.25) is 0 Å². The van der Waals surface area contributed by atoms with Crippen LogP contribution in [-0.2, 0) is 6.54 Å². The fourth-order valence-corrected chi connectivity index (χ4v) is 3.65. The van der Waals surface area contributed by atoms with E-state index in [-0.39, 0.29) is 11.8 Å². The SMILES string of the molecule is O=C(c1ncc(-c2ccccc2)o1)N1CCN(Cc2nc3ccccc3[nH]2)CC1. The second-order valence-electron chi connectivity index (χ2n) is 7.16. The summed E-state index contributed by atoms with van der Waals surface area (Å²) in [4.78, 5) is 29.1. The first-order chi connectivity index (χ1) is 14.3. The minimum Gasteiger partial charge on any atom is -0.432 e. The average molecular weight is 387 g/mol. The van der Waals surface area contributed by atoms with Crippen LogP contribution in [-0.4, -0.2) is 56.8 Å². The Kier molecular flexibility index (Phi) is 4.57. The lowest BCUT2D eigenvalue weighted by Crippen LogP contribution is -2.48. The quantitative estimate of drug-likeness (QED) is 0.582. The number of benzene rings is 2. The summed E-state index contributed by atoms with van der Waals surface area (Å²) >= 11 is 0. The van der Waals surface area contributed by atoms with E-state index in [0.29, 0.717) is 18.8 Å². The molecule has 0 unspecified atom stereocenters. The predicted molar refractivity (Wildman–Crippen MR) is 109 cm³/mol. The first kappa shape index (κ1) is 17.6. The lowest BCUT2D eigenvalue weighted by molar-refractivity contribution is 0.0588. The summed E-state index contributed by atoms with van der Waals surface area (Å²) < 4.78 is 5.71. The number of piperazine rings is 1. The van der Waals surface area contributed by atoms with Gasteiger partial charge in [-0.3, -0.25) is 9.69 Å². The molecule has 1 N–H and O–H groups in total. The summed E-state index contributed by atoms with van der Waals surface area (Å²) in [6, 6.07) is 17.7. The Hall–Kier alpha value is -3.45. The number of aromatic amines is 1. The first-order valence-corrected chi connectivity index (χ1v) is 9.73. The zero-order valence-corrected chi connectivity index (χ0v) is 15.9. The molecule has 0 atom stereocenters. The summed E-state index contributed by atoms with van der Waals surface area (Å²) in [6.45, 7) is 3.60. The molecule has 146 valence electrons. The van der Waals surface area contributed by atoms with Crippen LogP contribution in [0.4, 0.5) is 0 Å². The second kappa shape index (κ2) is 7.52. The highest BCUT2D eigenvalue weighted by Gasteiger charge is 2.26. The van der Waals surface area contributed by atoms with E-state index in [9.17, 15) is 4.79 Å². The predicted octanol–water partition coefficient (Wildman–Crippen LogP) is 3.18. The van der Waals surface area contributed by atoms with Crippen molar-refractivity contribution in [2.24, 2.45) is 0 Å². The lowest BCUT2D eigenvalue weighted by Gasteiger charge is -2.33. The fraction of sp³-hybridized carbons (Fsp3) is 0.227. The average Bonchev–Trinajstić information content (AvgIpc) is 3.41. The Labute approximate surface area is 168 Å². The number of oxazole rings is 1. The largest absolute Gasteiger partial charge is 0.432 e. The van der Waals surface area contributed by atoms with Gasteiger partial charge in [-0.05, 0) is 12.1 Å². The first-order valence-electron chi connectivity index (χ1n) is 9.73. The number of fused-ring (bicyclic) bond motifs is 1. The van der Waals surface area contributed by atoms with Crippen molar-refractivity contribution in [1.82, 2.24) is 24.8 Å². The molecule has 29 heavy (non-hydrogen) atoms. The molecule has 1 aliphatic rings. The summed E-state index contributed by atoms with van der Waals surface area (Å²) in [7, 11) is 0. The Morgan fingerprint density at radius 3 is 2.55 bits per heavy atom. The van der Waals surface area contributed by atoms with E-state index in [2.05, 4.69) is 19.9 Å². The van der Waals surface area contributed by atoms with Crippen molar-refractivity contribution < 1.29 is 9.21 Å². The summed E-state index contributed by atoms with van der Waals surface area (Å²) in [5.41, 5.74) is 2.94. The topological polar surface area (TPSA) is 78.3 Å². The van der Waals surface area contributed by atoms with Crippen LogP contribution in [0.2, 0.25) is 0 Å². The van der Waals surface area contributed by atoms with E-state index >= 15 is 0 Å². The van der Waals surface area contributed by atoms with Crippen LogP contribution >= 0.6 is 0 Å². The van der Waals surface area contributed by atoms with Crippen LogP contribution < -0.4 is 0 Å². The third-order valence-corrected chi connectivity index (χ3v) is 5.22. The van der Waals surface area contributed by atoms with Crippen LogP contribution in [0.15, 0.2) is 65.2 Å². The van der Waals surface area contributed by atoms with E-state index in [4.69, 9.17) is 4.42 Å². The number of aromatic nitrogens is 3. The standard InChI is InChI=1S/C22H21N5O2/c28-22(21-23-14-19(29-21)16-6-2-1-3-7-16)27-12-10-26(11-13-27)15-20-24-17-8-4-5-9-18(17)25-20/h1-9,14H,10-13,15H2,(H,24,25). The van der Waals surface area contributed by atoms with Gasteiger partial charge in [-0.15, -0.1) is 0 Å². The number of hydrogen-bond donors (Lipinski definition) is 1. The Balaban J connectivity index is 1.20. The molecule has 2 aromatic carbocycles. The van der Waals surface area contributed by atoms with Crippen molar-refractivity contribution in [1.29, 1.82) is 0 Å². The maximum absolute atomic E-state index is 12.8. The van der Waals surface area contributed by atoms with E-state index in [1.54, 1.807) is 11.1 Å². The van der Waals surface area contributed by atoms with Gasteiger partial charge in [0.15, 0.2) is 5.76 Å². The van der Waals surface area contributed by atoms with Gasteiger partial charge in [-0.25, -0.2) is 9.97 Å². The van der Waals surface area contributed by atoms with Crippen molar-refractivity contribution in [3.8, 4) is 11.3 Å². The molecule has 7 heteroatoms. The molecule has 0 radical (unpaired) electrons. The van der Waals surface area contributed by atoms with Gasteiger partial charge in [0.05, 0.1) is 23.8 Å². The maximum Gasteiger partial charge on any atom is 0.309 e. The molecule has 1 fully saturated rings. The van der Waals surface area contributed by atoms with Gasteiger partial charge >= 0.3 is 5.91 Å². The Bertz CT molecular complexity index is 1090. The van der Waals surface area contributed by atoms with Crippen LogP contribution in [0.1, 0.15) is 16.5 Å². The van der Waals surface area contributed by atoms with Gasteiger partial charge < -0.3 is 14.3 Å². The molecule has 0 bridgehead atoms. The summed E-state index contributed by atoms with van der Waals surface area (Å²) in [5.74, 6) is 1.55. The molecule has 0 aliphatic carbocycles. The van der Waals surface area contributed by atoms with Crippen molar-refractivity contribution >= 4 is 16.9 Å². The monoisotopic (exact) mass is 387 g/mol. The van der Waals surface area contributed by atoms with Crippen molar-refractivity contribution in [3.63, 3.8) is 0 Å². The zero-order chi connectivity index (χ0) is 19.6. The molecule has 7 nitrogen and oxygen atoms in total. The second-order valence-corrected chi connectivity index (χ2v) is 7.16. The Morgan fingerprint density at radius 1 is 1.00 bits per heavy atom. The number of rotatable bonds is 4. The van der Waals surface area contributed by atoms with Crippen LogP contribution in [0.3, 0.4) is 0 Å². The third-order valence-electron chi connectivity index (χ3n) is 5.22. The molecular formula is C22H21N5O2. The molecule has 2 aromatic heterocycles. The normalized spacial score (nSPS) is 15.1. The summed E-state index contributed by atoms with van der Waals surface area (Å²) in [6.07, 6.45) is 1.61. The molecule has 0 spiro atoms. The summed E-state index contributed by atoms with van der Waals surface area (Å²) in [5, 5.41) is 0. The maximum atomic E-state index is 12.8. The number of hydrogen-bond acceptors (Lipinski definition) is 5. The van der Waals surface area contributed by atoms with E-state index in [0.717, 1.165) is 42.1 Å². The van der Waals surface area contributed by atoms with Crippen LogP contribution in [0.25, 0.3) is 22.4 Å².